The molecule has 0 radical (unpaired) electrons. The van der Waals surface area contributed by atoms with Crippen LogP contribution in [0.15, 0.2) is 42.6 Å². The Morgan fingerprint density at radius 1 is 1.09 bits per heavy atom. The van der Waals surface area contributed by atoms with E-state index in [9.17, 15) is 4.79 Å². The molecule has 2 aromatic rings. The number of methoxy groups -OCH3 is 1. The van der Waals surface area contributed by atoms with E-state index >= 15 is 0 Å². The first-order valence-electron chi connectivity index (χ1n) is 7.47. The van der Waals surface area contributed by atoms with Crippen LogP contribution < -0.4 is 9.64 Å². The molecule has 1 aliphatic rings. The number of nitrogens with zero attached hydrogens (tertiary/aromatic N) is 3. The summed E-state index contributed by atoms with van der Waals surface area (Å²) in [6, 6.07) is 11.2. The Morgan fingerprint density at radius 3 is 2.35 bits per heavy atom. The average molecular weight is 332 g/mol. The SMILES string of the molecule is COc1ccc(C(=O)N2CCN(c3ccc(Cl)cc3)CC2)cn1. The van der Waals surface area contributed by atoms with E-state index in [1.807, 2.05) is 29.2 Å². The molecule has 1 amide bonds. The Labute approximate surface area is 140 Å². The van der Waals surface area contributed by atoms with E-state index in [0.717, 1.165) is 23.8 Å². The van der Waals surface area contributed by atoms with Gasteiger partial charge in [0.1, 0.15) is 0 Å². The maximum atomic E-state index is 12.5. The Morgan fingerprint density at radius 2 is 1.78 bits per heavy atom. The third-order valence-corrected chi connectivity index (χ3v) is 4.20. The summed E-state index contributed by atoms with van der Waals surface area (Å²) in [7, 11) is 1.56. The lowest BCUT2D eigenvalue weighted by atomic mass is 10.2. The molecule has 6 heteroatoms. The number of rotatable bonds is 3. The molecule has 0 spiro atoms. The second-order valence-electron chi connectivity index (χ2n) is 5.34. The van der Waals surface area contributed by atoms with Gasteiger partial charge in [-0.1, -0.05) is 11.6 Å². The monoisotopic (exact) mass is 331 g/mol. The number of anilines is 1. The van der Waals surface area contributed by atoms with Crippen molar-refractivity contribution in [2.75, 3.05) is 38.2 Å². The molecule has 1 aromatic carbocycles. The summed E-state index contributed by atoms with van der Waals surface area (Å²) in [4.78, 5) is 20.7. The molecule has 1 aromatic heterocycles. The third-order valence-electron chi connectivity index (χ3n) is 3.95. The van der Waals surface area contributed by atoms with Crippen LogP contribution in [0.4, 0.5) is 5.69 Å². The minimum atomic E-state index is 0.0101. The fourth-order valence-electron chi connectivity index (χ4n) is 2.63. The lowest BCUT2D eigenvalue weighted by Crippen LogP contribution is -2.48. The zero-order valence-electron chi connectivity index (χ0n) is 12.9. The summed E-state index contributed by atoms with van der Waals surface area (Å²) in [6.45, 7) is 2.98. The van der Waals surface area contributed by atoms with E-state index in [2.05, 4.69) is 9.88 Å². The highest BCUT2D eigenvalue weighted by molar-refractivity contribution is 6.30. The number of carbonyl (C=O) groups is 1. The molecule has 0 aliphatic carbocycles. The van der Waals surface area contributed by atoms with Gasteiger partial charge in [0.2, 0.25) is 5.88 Å². The molecular formula is C17H18ClN3O2. The van der Waals surface area contributed by atoms with E-state index in [-0.39, 0.29) is 5.91 Å². The molecule has 3 rings (SSSR count). The summed E-state index contributed by atoms with van der Waals surface area (Å²) in [6.07, 6.45) is 1.56. The van der Waals surface area contributed by atoms with Crippen LogP contribution in [0.5, 0.6) is 5.88 Å². The molecule has 1 saturated heterocycles. The van der Waals surface area contributed by atoms with E-state index < -0.39 is 0 Å². The van der Waals surface area contributed by atoms with Crippen LogP contribution in [0.2, 0.25) is 5.02 Å². The van der Waals surface area contributed by atoms with Gasteiger partial charge in [0.15, 0.2) is 0 Å². The third kappa shape index (κ3) is 3.56. The topological polar surface area (TPSA) is 45.7 Å². The zero-order valence-corrected chi connectivity index (χ0v) is 13.7. The first kappa shape index (κ1) is 15.6. The first-order chi connectivity index (χ1) is 11.2. The van der Waals surface area contributed by atoms with Gasteiger partial charge in [-0.2, -0.15) is 0 Å². The predicted molar refractivity (Wildman–Crippen MR) is 90.4 cm³/mol. The number of hydrogen-bond donors (Lipinski definition) is 0. The predicted octanol–water partition coefficient (Wildman–Crippen LogP) is 2.71. The number of amides is 1. The quantitative estimate of drug-likeness (QED) is 0.867. The molecule has 0 N–H and O–H groups in total. The summed E-state index contributed by atoms with van der Waals surface area (Å²) in [5, 5.41) is 0.731. The van der Waals surface area contributed by atoms with E-state index in [1.165, 1.54) is 0 Å². The average Bonchev–Trinajstić information content (AvgIpc) is 2.62. The van der Waals surface area contributed by atoms with E-state index in [0.29, 0.717) is 24.5 Å². The van der Waals surface area contributed by atoms with Crippen molar-refractivity contribution in [3.8, 4) is 5.88 Å². The lowest BCUT2D eigenvalue weighted by molar-refractivity contribution is 0.0746. The smallest absolute Gasteiger partial charge is 0.255 e. The van der Waals surface area contributed by atoms with Crippen LogP contribution in [0, 0.1) is 0 Å². The molecular weight excluding hydrogens is 314 g/mol. The number of aromatic nitrogens is 1. The Balaban J connectivity index is 1.61. The molecule has 5 nitrogen and oxygen atoms in total. The van der Waals surface area contributed by atoms with Crippen molar-refractivity contribution in [1.82, 2.24) is 9.88 Å². The highest BCUT2D eigenvalue weighted by atomic mass is 35.5. The summed E-state index contributed by atoms with van der Waals surface area (Å²) in [5.41, 5.74) is 1.72. The molecule has 1 aliphatic heterocycles. The van der Waals surface area contributed by atoms with Crippen LogP contribution in [0.3, 0.4) is 0 Å². The van der Waals surface area contributed by atoms with Crippen molar-refractivity contribution in [2.24, 2.45) is 0 Å². The van der Waals surface area contributed by atoms with Crippen LogP contribution in [0.25, 0.3) is 0 Å². The Kier molecular flexibility index (Phi) is 4.67. The van der Waals surface area contributed by atoms with Crippen molar-refractivity contribution in [3.63, 3.8) is 0 Å². The molecule has 0 unspecified atom stereocenters. The van der Waals surface area contributed by atoms with Crippen LogP contribution in [-0.4, -0.2) is 49.1 Å². The minimum Gasteiger partial charge on any atom is -0.481 e. The summed E-state index contributed by atoms with van der Waals surface area (Å²) in [5.74, 6) is 0.519. The van der Waals surface area contributed by atoms with Gasteiger partial charge in [-0.3, -0.25) is 4.79 Å². The van der Waals surface area contributed by atoms with Gasteiger partial charge in [-0.05, 0) is 30.3 Å². The lowest BCUT2D eigenvalue weighted by Gasteiger charge is -2.36. The molecule has 23 heavy (non-hydrogen) atoms. The number of hydrogen-bond acceptors (Lipinski definition) is 4. The van der Waals surface area contributed by atoms with Gasteiger partial charge in [0.25, 0.3) is 5.91 Å². The second-order valence-corrected chi connectivity index (χ2v) is 5.78. The molecule has 120 valence electrons. The highest BCUT2D eigenvalue weighted by Gasteiger charge is 2.22. The maximum absolute atomic E-state index is 12.5. The van der Waals surface area contributed by atoms with Gasteiger partial charge in [-0.25, -0.2) is 4.98 Å². The van der Waals surface area contributed by atoms with Crippen molar-refractivity contribution in [1.29, 1.82) is 0 Å². The molecule has 1 fully saturated rings. The first-order valence-corrected chi connectivity index (χ1v) is 7.85. The maximum Gasteiger partial charge on any atom is 0.255 e. The van der Waals surface area contributed by atoms with Crippen molar-refractivity contribution < 1.29 is 9.53 Å². The normalized spacial score (nSPS) is 14.7. The zero-order chi connectivity index (χ0) is 16.2. The van der Waals surface area contributed by atoms with Crippen LogP contribution in [-0.2, 0) is 0 Å². The van der Waals surface area contributed by atoms with E-state index in [1.54, 1.807) is 25.4 Å². The number of carbonyl (C=O) groups excluding carboxylic acids is 1. The molecule has 0 saturated carbocycles. The Bertz CT molecular complexity index is 665. The number of piperazine rings is 1. The minimum absolute atomic E-state index is 0.0101. The van der Waals surface area contributed by atoms with Gasteiger partial charge in [0.05, 0.1) is 12.7 Å². The van der Waals surface area contributed by atoms with Gasteiger partial charge < -0.3 is 14.5 Å². The van der Waals surface area contributed by atoms with Crippen molar-refractivity contribution in [3.05, 3.63) is 53.2 Å². The fourth-order valence-corrected chi connectivity index (χ4v) is 2.76. The second kappa shape index (κ2) is 6.87. The van der Waals surface area contributed by atoms with E-state index in [4.69, 9.17) is 16.3 Å². The van der Waals surface area contributed by atoms with Gasteiger partial charge in [-0.15, -0.1) is 0 Å². The van der Waals surface area contributed by atoms with Gasteiger partial charge in [0, 0.05) is 49.2 Å². The Hall–Kier alpha value is -2.27. The summed E-state index contributed by atoms with van der Waals surface area (Å²) < 4.78 is 5.01. The highest BCUT2D eigenvalue weighted by Crippen LogP contribution is 2.20. The largest absolute Gasteiger partial charge is 0.481 e. The van der Waals surface area contributed by atoms with Gasteiger partial charge >= 0.3 is 0 Å². The standard InChI is InChI=1S/C17H18ClN3O2/c1-23-16-7-2-13(12-19-16)17(22)21-10-8-20(9-11-21)15-5-3-14(18)4-6-15/h2-7,12H,8-11H2,1H3. The van der Waals surface area contributed by atoms with Crippen molar-refractivity contribution in [2.45, 2.75) is 0 Å². The number of ether oxygens (including phenoxy) is 1. The fraction of sp³-hybridized carbons (Fsp3) is 0.294. The number of halogens is 1. The number of pyridine rings is 1. The molecule has 0 atom stereocenters. The number of benzene rings is 1. The van der Waals surface area contributed by atoms with Crippen LogP contribution in [0.1, 0.15) is 10.4 Å². The van der Waals surface area contributed by atoms with Crippen molar-refractivity contribution >= 4 is 23.2 Å². The molecule has 0 bridgehead atoms. The van der Waals surface area contributed by atoms with Crippen LogP contribution >= 0.6 is 11.6 Å². The molecule has 2 heterocycles. The summed E-state index contributed by atoms with van der Waals surface area (Å²) >= 11 is 5.92.